The summed E-state index contributed by atoms with van der Waals surface area (Å²) in [6, 6.07) is 54.0. The molecule has 23 nitrogen and oxygen atoms in total. The van der Waals surface area contributed by atoms with Crippen LogP contribution in [-0.2, 0) is 43.2 Å². The summed E-state index contributed by atoms with van der Waals surface area (Å²) in [7, 11) is -12.2. The molecule has 1 heterocycles. The first-order chi connectivity index (χ1) is 38.8. The Kier molecular flexibility index (Phi) is 17.3. The molecule has 0 fully saturated rings. The van der Waals surface area contributed by atoms with Crippen molar-refractivity contribution in [3.05, 3.63) is 217 Å². The van der Waals surface area contributed by atoms with Crippen molar-refractivity contribution in [3.63, 3.8) is 0 Å². The predicted molar refractivity (Wildman–Crippen MR) is 305 cm³/mol. The second-order valence-corrected chi connectivity index (χ2v) is 21.9. The lowest BCUT2D eigenvalue weighted by Gasteiger charge is -2.17. The van der Waals surface area contributed by atoms with Crippen LogP contribution in [0.15, 0.2) is 245 Å². The number of anilines is 5. The van der Waals surface area contributed by atoms with Crippen molar-refractivity contribution in [3.8, 4) is 0 Å². The third-order valence-electron chi connectivity index (χ3n) is 11.4. The molecule has 9 rings (SSSR count). The molecule has 1 aromatic heterocycles. The van der Waals surface area contributed by atoms with E-state index in [0.29, 0.717) is 51.1 Å². The van der Waals surface area contributed by atoms with E-state index in [4.69, 9.17) is 4.98 Å². The van der Waals surface area contributed by atoms with Crippen LogP contribution >= 0.6 is 0 Å². The van der Waals surface area contributed by atoms with E-state index in [1.54, 1.807) is 72.8 Å². The maximum Gasteiger partial charge on any atom is 0.296 e. The Labute approximate surface area is 465 Å². The molecule has 26 heteroatoms. The smallest absolute Gasteiger partial charge is 0.296 e. The lowest BCUT2D eigenvalue weighted by atomic mass is 10.1. The number of nitrogens with one attached hydrogen (secondary N) is 2. The molecular formula is C55H46N14O9S3. The van der Waals surface area contributed by atoms with E-state index in [0.717, 1.165) is 17.3 Å². The highest BCUT2D eigenvalue weighted by Gasteiger charge is 2.20. The molecule has 0 bridgehead atoms. The zero-order chi connectivity index (χ0) is 57.0. The molecular weight excluding hydrogens is 1100 g/mol. The van der Waals surface area contributed by atoms with Gasteiger partial charge in [-0.25, -0.2) is 4.98 Å². The minimum absolute atomic E-state index is 0.0299. The first-order valence-electron chi connectivity index (χ1n) is 24.2. The molecule has 0 spiro atoms. The molecule has 0 radical (unpaired) electrons. The second kappa shape index (κ2) is 25.0. The second-order valence-electron chi connectivity index (χ2n) is 17.7. The molecule has 0 aliphatic rings. The topological polar surface area (TPSA) is 328 Å². The van der Waals surface area contributed by atoms with Crippen LogP contribution in [0.4, 0.5) is 74.2 Å². The van der Waals surface area contributed by atoms with Crippen molar-refractivity contribution in [2.75, 3.05) is 28.5 Å². The highest BCUT2D eigenvalue weighted by molar-refractivity contribution is 7.86. The van der Waals surface area contributed by atoms with Gasteiger partial charge in [-0.05, 0) is 139 Å². The first-order valence-corrected chi connectivity index (χ1v) is 28.7. The summed E-state index contributed by atoms with van der Waals surface area (Å²) in [5.41, 5.74) is 6.51. The van der Waals surface area contributed by atoms with Crippen LogP contribution in [-0.4, -0.2) is 66.8 Å². The standard InChI is InChI=1S/C55H46N14O9S3/c1-69(36-79(70,71)72)55-59-53(33-37-17-28-47(50(31-37)56-39-11-5-2-6-12-39)66-64-43-21-19-42(20-22-43)62-63-44-23-26-46(27-24-44)80(73,74)75)58-54(60-55)34-38-18-29-48(51(32-38)57-40-13-7-3-8-14-40)67-68-49-30-25-45(35-52(49)81(76,77)78)65-61-41-15-9-4-10-16-41/h2-32,35,56-57H,33-34,36H2,1H3,(H,70,71,72)(H,73,74,75)(H,76,77,78). The Bertz CT molecular complexity index is 4190. The third kappa shape index (κ3) is 16.2. The van der Waals surface area contributed by atoms with Gasteiger partial charge in [-0.3, -0.25) is 13.7 Å². The number of para-hydroxylation sites is 2. The zero-order valence-electron chi connectivity index (χ0n) is 42.5. The molecule has 81 heavy (non-hydrogen) atoms. The summed E-state index contributed by atoms with van der Waals surface area (Å²) in [5.74, 6) is -0.332. The summed E-state index contributed by atoms with van der Waals surface area (Å²) >= 11 is 0. The monoisotopic (exact) mass is 1140 g/mol. The molecule has 408 valence electrons. The van der Waals surface area contributed by atoms with Crippen LogP contribution in [0.5, 0.6) is 0 Å². The van der Waals surface area contributed by atoms with Gasteiger partial charge in [-0.15, -0.1) is 15.3 Å². The fourth-order valence-electron chi connectivity index (χ4n) is 7.64. The van der Waals surface area contributed by atoms with Gasteiger partial charge in [0.15, 0.2) is 0 Å². The number of hydrogen-bond donors (Lipinski definition) is 5. The van der Waals surface area contributed by atoms with Crippen molar-refractivity contribution >= 4 is 105 Å². The van der Waals surface area contributed by atoms with Crippen LogP contribution in [0.2, 0.25) is 0 Å². The van der Waals surface area contributed by atoms with Gasteiger partial charge in [0.05, 0.1) is 44.7 Å². The summed E-state index contributed by atoms with van der Waals surface area (Å²) in [6.45, 7) is 0. The van der Waals surface area contributed by atoms with Crippen molar-refractivity contribution in [2.24, 2.45) is 40.9 Å². The zero-order valence-corrected chi connectivity index (χ0v) is 44.9. The molecule has 0 atom stereocenters. The van der Waals surface area contributed by atoms with Crippen molar-refractivity contribution in [1.29, 1.82) is 0 Å². The molecule has 0 amide bonds. The van der Waals surface area contributed by atoms with Gasteiger partial charge in [0, 0.05) is 31.3 Å². The number of azo groups is 4. The molecule has 5 N–H and O–H groups in total. The minimum atomic E-state index is -4.80. The minimum Gasteiger partial charge on any atom is -0.354 e. The Hall–Kier alpha value is -9.70. The van der Waals surface area contributed by atoms with Crippen molar-refractivity contribution in [1.82, 2.24) is 15.0 Å². The largest absolute Gasteiger partial charge is 0.354 e. The lowest BCUT2D eigenvalue weighted by molar-refractivity contribution is 0.480. The molecule has 0 aliphatic heterocycles. The lowest BCUT2D eigenvalue weighted by Crippen LogP contribution is -2.28. The van der Waals surface area contributed by atoms with Gasteiger partial charge in [0.2, 0.25) is 5.95 Å². The molecule has 8 aromatic carbocycles. The number of rotatable bonds is 21. The van der Waals surface area contributed by atoms with Crippen LogP contribution in [0, 0.1) is 0 Å². The van der Waals surface area contributed by atoms with E-state index in [-0.39, 0.29) is 52.4 Å². The van der Waals surface area contributed by atoms with E-state index < -0.39 is 41.1 Å². The molecule has 0 unspecified atom stereocenters. The highest BCUT2D eigenvalue weighted by atomic mass is 32.2. The van der Waals surface area contributed by atoms with Gasteiger partial charge < -0.3 is 15.5 Å². The maximum atomic E-state index is 12.6. The van der Waals surface area contributed by atoms with E-state index in [1.807, 2.05) is 78.9 Å². The number of nitrogens with zero attached hydrogens (tertiary/aromatic N) is 12. The average Bonchev–Trinajstić information content (AvgIpc) is 3.55. The highest BCUT2D eigenvalue weighted by Crippen LogP contribution is 2.36. The quantitative estimate of drug-likeness (QED) is 0.0330. The SMILES string of the molecule is CN(CS(=O)(=O)O)c1nc(Cc2ccc(N=Nc3ccc(N=Nc4ccc(S(=O)(=O)O)cc4)cc3)c(Nc3ccccc3)c2)nc(Cc2ccc(N=Nc3ccc(N=Nc4ccccc4)cc3S(=O)(=O)O)c(Nc3ccccc3)c2)n1. The van der Waals surface area contributed by atoms with Gasteiger partial charge in [0.1, 0.15) is 39.5 Å². The Balaban J connectivity index is 0.992. The fourth-order valence-corrected chi connectivity index (χ4v) is 9.36. The van der Waals surface area contributed by atoms with Crippen LogP contribution in [0.1, 0.15) is 22.8 Å². The Morgan fingerprint density at radius 3 is 1.28 bits per heavy atom. The molecule has 9 aromatic rings. The summed E-state index contributed by atoms with van der Waals surface area (Å²) in [5, 5.41) is 40.9. The Morgan fingerprint density at radius 2 is 0.815 bits per heavy atom. The summed E-state index contributed by atoms with van der Waals surface area (Å²) in [6.07, 6.45) is 0.221. The summed E-state index contributed by atoms with van der Waals surface area (Å²) in [4.78, 5) is 14.4. The average molecular weight is 1140 g/mol. The normalized spacial score (nSPS) is 12.2. The van der Waals surface area contributed by atoms with Crippen molar-refractivity contribution < 1.29 is 38.9 Å². The number of hydrogen-bond acceptors (Lipinski definition) is 20. The number of aromatic nitrogens is 3. The predicted octanol–water partition coefficient (Wildman–Crippen LogP) is 14.0. The van der Waals surface area contributed by atoms with Gasteiger partial charge in [0.25, 0.3) is 30.4 Å². The van der Waals surface area contributed by atoms with E-state index in [9.17, 15) is 38.9 Å². The first kappa shape index (κ1) is 56.0. The summed E-state index contributed by atoms with van der Waals surface area (Å²) < 4.78 is 101. The van der Waals surface area contributed by atoms with Crippen LogP contribution in [0.3, 0.4) is 0 Å². The van der Waals surface area contributed by atoms with Gasteiger partial charge >= 0.3 is 0 Å². The van der Waals surface area contributed by atoms with Crippen LogP contribution < -0.4 is 15.5 Å². The third-order valence-corrected chi connectivity index (χ3v) is 13.9. The molecule has 0 saturated heterocycles. The molecule has 0 aliphatic carbocycles. The van der Waals surface area contributed by atoms with E-state index in [2.05, 4.69) is 61.5 Å². The molecule has 0 saturated carbocycles. The van der Waals surface area contributed by atoms with Gasteiger partial charge in [-0.1, -0.05) is 66.7 Å². The maximum absolute atomic E-state index is 12.6. The van der Waals surface area contributed by atoms with Crippen LogP contribution in [0.25, 0.3) is 0 Å². The fraction of sp³-hybridized carbons (Fsp3) is 0.0727. The Morgan fingerprint density at radius 1 is 0.420 bits per heavy atom. The van der Waals surface area contributed by atoms with Crippen molar-refractivity contribution in [2.45, 2.75) is 22.6 Å². The van der Waals surface area contributed by atoms with Gasteiger partial charge in [-0.2, -0.15) is 60.8 Å². The number of benzene rings is 8. The van der Waals surface area contributed by atoms with E-state index in [1.165, 1.54) is 48.3 Å². The van der Waals surface area contributed by atoms with E-state index >= 15 is 0 Å².